The van der Waals surface area contributed by atoms with E-state index in [2.05, 4.69) is 26.9 Å². The Kier molecular flexibility index (Phi) is 12.1. The van der Waals surface area contributed by atoms with E-state index in [0.29, 0.717) is 11.3 Å². The van der Waals surface area contributed by atoms with Crippen molar-refractivity contribution in [1.29, 1.82) is 0 Å². The summed E-state index contributed by atoms with van der Waals surface area (Å²) in [6, 6.07) is -1.01. The average molecular weight is 590 g/mol. The zero-order valence-corrected chi connectivity index (χ0v) is 23.8. The van der Waals surface area contributed by atoms with E-state index in [0.717, 1.165) is 16.2 Å². The van der Waals surface area contributed by atoms with E-state index in [1.54, 1.807) is 0 Å². The predicted molar refractivity (Wildman–Crippen MR) is 119 cm³/mol. The van der Waals surface area contributed by atoms with Crippen LogP contribution >= 0.6 is 23.1 Å². The number of carbonyl (C=O) groups is 4. The summed E-state index contributed by atoms with van der Waals surface area (Å²) in [4.78, 5) is 57.1. The number of carboxylic acids is 2. The Bertz CT molecular complexity index is 1220. The molecule has 16 nitrogen and oxygen atoms in total. The van der Waals surface area contributed by atoms with E-state index in [-0.39, 0.29) is 73.6 Å². The molecule has 0 radical (unpaired) electrons. The number of aliphatic carboxylic acids is 2. The van der Waals surface area contributed by atoms with E-state index in [9.17, 15) is 24.3 Å². The minimum atomic E-state index is -4.92. The maximum atomic E-state index is 12.7. The summed E-state index contributed by atoms with van der Waals surface area (Å²) in [5.41, 5.74) is 5.48. The summed E-state index contributed by atoms with van der Waals surface area (Å²) in [5, 5.41) is 25.0. The van der Waals surface area contributed by atoms with E-state index < -0.39 is 52.2 Å². The number of allylic oxidation sites excluding steroid dienone is 1. The fraction of sp³-hybridized carbons (Fsp3) is 0.250. The first kappa shape index (κ1) is 32.1. The van der Waals surface area contributed by atoms with Crippen molar-refractivity contribution in [2.24, 2.45) is 5.16 Å². The van der Waals surface area contributed by atoms with Gasteiger partial charge in [0, 0.05) is 11.1 Å². The second kappa shape index (κ2) is 13.6. The van der Waals surface area contributed by atoms with Crippen LogP contribution in [-0.2, 0) is 34.4 Å². The number of aromatic nitrogens is 1. The predicted octanol–water partition coefficient (Wildman–Crippen LogP) is -4.54. The number of anilines is 1. The number of hydrogen-bond acceptors (Lipinski definition) is 13. The average Bonchev–Trinajstić information content (AvgIpc) is 3.17. The molecule has 2 amide bonds. The van der Waals surface area contributed by atoms with Crippen molar-refractivity contribution in [2.75, 3.05) is 18.1 Å². The number of β-lactam (4-membered cyclic amide) rings is 1. The molecule has 36 heavy (non-hydrogen) atoms. The van der Waals surface area contributed by atoms with Gasteiger partial charge in [0.25, 0.3) is 11.8 Å². The Hall–Kier alpha value is -1.88. The molecule has 2 unspecified atom stereocenters. The second-order valence-corrected chi connectivity index (χ2v) is 9.20. The van der Waals surface area contributed by atoms with Crippen molar-refractivity contribution in [3.8, 4) is 0 Å². The molecule has 0 bridgehead atoms. The minimum absolute atomic E-state index is 0. The molecular formula is C16H16KN5O11S3. The Labute approximate surface area is 253 Å². The van der Waals surface area contributed by atoms with Crippen molar-refractivity contribution in [1.82, 2.24) is 15.2 Å². The first-order valence-corrected chi connectivity index (χ1v) is 12.2. The SMILES string of the molecule is C=CC1=C(C(=O)O)N2C(=O)C(NC(=O)/C(=N\OCC(=O)O)c3csc(N)n3)C2SC1.O=S(=O)([O-])O.[K+]. The molecule has 1 aromatic heterocycles. The molecule has 0 saturated carbocycles. The van der Waals surface area contributed by atoms with Gasteiger partial charge in [0.2, 0.25) is 17.0 Å². The van der Waals surface area contributed by atoms with Crippen LogP contribution in [0.4, 0.5) is 5.13 Å². The van der Waals surface area contributed by atoms with Crippen LogP contribution in [0.2, 0.25) is 0 Å². The molecule has 0 aromatic carbocycles. The summed E-state index contributed by atoms with van der Waals surface area (Å²) in [5.74, 6) is -3.72. The number of thioether (sulfide) groups is 1. The summed E-state index contributed by atoms with van der Waals surface area (Å²) < 4.78 is 32.8. The van der Waals surface area contributed by atoms with Gasteiger partial charge in [-0.15, -0.1) is 23.1 Å². The number of rotatable bonds is 8. The molecule has 0 spiro atoms. The molecule has 6 N–H and O–H groups in total. The molecule has 1 saturated heterocycles. The zero-order chi connectivity index (χ0) is 26.5. The van der Waals surface area contributed by atoms with Crippen LogP contribution in [0.1, 0.15) is 5.69 Å². The van der Waals surface area contributed by atoms with Gasteiger partial charge in [-0.3, -0.25) is 19.0 Å². The molecular weight excluding hydrogens is 573 g/mol. The number of nitrogens with zero attached hydrogens (tertiary/aromatic N) is 3. The number of carboxylic acid groups (broad SMARTS) is 2. The van der Waals surface area contributed by atoms with Gasteiger partial charge in [-0.05, 0) is 5.57 Å². The van der Waals surface area contributed by atoms with Gasteiger partial charge < -0.3 is 30.7 Å². The largest absolute Gasteiger partial charge is 1.00 e. The monoisotopic (exact) mass is 589 g/mol. The molecule has 2 atom stereocenters. The van der Waals surface area contributed by atoms with Crippen LogP contribution in [0.15, 0.2) is 34.5 Å². The van der Waals surface area contributed by atoms with Crippen LogP contribution in [0.5, 0.6) is 0 Å². The molecule has 190 valence electrons. The van der Waals surface area contributed by atoms with Gasteiger partial charge in [0.15, 0.2) is 10.8 Å². The van der Waals surface area contributed by atoms with E-state index in [4.69, 9.17) is 28.4 Å². The first-order chi connectivity index (χ1) is 16.2. The smallest absolute Gasteiger partial charge is 0.726 e. The van der Waals surface area contributed by atoms with Crippen molar-refractivity contribution in [2.45, 2.75) is 11.4 Å². The number of thiazole rings is 1. The van der Waals surface area contributed by atoms with Crippen molar-refractivity contribution < 1.29 is 103 Å². The topological polar surface area (TPSA) is 262 Å². The third-order valence-corrected chi connectivity index (χ3v) is 6.03. The van der Waals surface area contributed by atoms with Gasteiger partial charge in [0.1, 0.15) is 22.8 Å². The normalized spacial score (nSPS) is 19.0. The molecule has 1 fully saturated rings. The van der Waals surface area contributed by atoms with E-state index in [1.165, 1.54) is 23.2 Å². The van der Waals surface area contributed by atoms with Gasteiger partial charge in [-0.1, -0.05) is 17.8 Å². The number of oxime groups is 1. The molecule has 3 heterocycles. The fourth-order valence-corrected chi connectivity index (χ4v) is 4.65. The number of hydrogen-bond donors (Lipinski definition) is 5. The summed E-state index contributed by atoms with van der Waals surface area (Å²) in [7, 11) is -4.92. The van der Waals surface area contributed by atoms with Crippen LogP contribution in [0.3, 0.4) is 0 Å². The molecule has 2 aliphatic rings. The minimum Gasteiger partial charge on any atom is -0.726 e. The maximum absolute atomic E-state index is 12.7. The molecule has 2 aliphatic heterocycles. The third-order valence-electron chi connectivity index (χ3n) is 4.06. The van der Waals surface area contributed by atoms with Crippen LogP contribution in [0, 0.1) is 0 Å². The van der Waals surface area contributed by atoms with E-state index in [1.807, 2.05) is 0 Å². The number of fused-ring (bicyclic) bond motifs is 1. The number of carbonyl (C=O) groups excluding carboxylic acids is 2. The number of amides is 2. The number of nitrogen functional groups attached to an aromatic ring is 1. The van der Waals surface area contributed by atoms with E-state index >= 15 is 0 Å². The fourth-order valence-electron chi connectivity index (χ4n) is 2.76. The van der Waals surface area contributed by atoms with Crippen molar-refractivity contribution >= 4 is 68.1 Å². The molecule has 3 rings (SSSR count). The van der Waals surface area contributed by atoms with Crippen LogP contribution in [0.25, 0.3) is 0 Å². The summed E-state index contributed by atoms with van der Waals surface area (Å²) >= 11 is 2.30. The van der Waals surface area contributed by atoms with Gasteiger partial charge in [-0.2, -0.15) is 0 Å². The molecule has 20 heteroatoms. The van der Waals surface area contributed by atoms with Crippen LogP contribution < -0.4 is 62.4 Å². The van der Waals surface area contributed by atoms with Gasteiger partial charge >= 0.3 is 63.3 Å². The van der Waals surface area contributed by atoms with Gasteiger partial charge in [-0.25, -0.2) is 23.0 Å². The molecule has 1 aromatic rings. The summed E-state index contributed by atoms with van der Waals surface area (Å²) in [6.45, 7) is 2.77. The first-order valence-electron chi connectivity index (χ1n) is 8.90. The Morgan fingerprint density at radius 1 is 1.42 bits per heavy atom. The Morgan fingerprint density at radius 2 is 2.03 bits per heavy atom. The Balaban J connectivity index is 0.000000983. The maximum Gasteiger partial charge on any atom is 1.00 e. The quantitative estimate of drug-likeness (QED) is 0.0478. The number of nitrogens with one attached hydrogen (secondary N) is 1. The van der Waals surface area contributed by atoms with Crippen molar-refractivity contribution in [3.05, 3.63) is 35.0 Å². The second-order valence-electron chi connectivity index (χ2n) is 6.35. The van der Waals surface area contributed by atoms with Crippen LogP contribution in [-0.4, -0.2) is 90.9 Å². The molecule has 0 aliphatic carbocycles. The van der Waals surface area contributed by atoms with Crippen molar-refractivity contribution in [3.63, 3.8) is 0 Å². The zero-order valence-electron chi connectivity index (χ0n) is 18.2. The third kappa shape index (κ3) is 8.60. The Morgan fingerprint density at radius 3 is 2.50 bits per heavy atom. The summed E-state index contributed by atoms with van der Waals surface area (Å²) in [6.07, 6.45) is 1.38. The standard InChI is InChI=1S/C16H15N5O7S2.K.H2O4S/c1-2-6-4-29-14-10(13(25)21(14)11(6)15(26)27)19-12(24)9(20-28-3-8(22)23)7-5-30-16(17)18-7;;1-5(2,3)4/h2,5,10,14H,1,3-4H2,(H2,17,18)(H,19,24)(H,22,23)(H,26,27);;(H2,1,2,3,4)/q;+1;/p-1/b20-9-;;. The number of nitrogens with two attached hydrogens (primary N) is 1. The van der Waals surface area contributed by atoms with Gasteiger partial charge in [0.05, 0.1) is 0 Å².